The molecule has 0 unspecified atom stereocenters. The Morgan fingerprint density at radius 1 is 1.40 bits per heavy atom. The van der Waals surface area contributed by atoms with Crippen LogP contribution in [0, 0.1) is 0 Å². The average Bonchev–Trinajstić information content (AvgIpc) is 2.47. The van der Waals surface area contributed by atoms with Crippen molar-refractivity contribution in [2.45, 2.75) is 18.9 Å². The molecule has 0 radical (unpaired) electrons. The lowest BCUT2D eigenvalue weighted by atomic mass is 10.2. The van der Waals surface area contributed by atoms with Gasteiger partial charge in [-0.3, -0.25) is 4.90 Å². The molecule has 0 aromatic carbocycles. The minimum Gasteiger partial charge on any atom is -0.474 e. The number of ether oxygens (including phenoxy) is 3. The highest BCUT2D eigenvalue weighted by Gasteiger charge is 2.28. The lowest BCUT2D eigenvalue weighted by Crippen LogP contribution is -2.41. The number of fused-ring (bicyclic) bond motifs is 1. The van der Waals surface area contributed by atoms with Crippen molar-refractivity contribution in [3.63, 3.8) is 0 Å². The monoisotopic (exact) mass is 342 g/mol. The van der Waals surface area contributed by atoms with Gasteiger partial charge in [0.1, 0.15) is 18.4 Å². The highest BCUT2D eigenvalue weighted by molar-refractivity contribution is 9.10. The summed E-state index contributed by atoms with van der Waals surface area (Å²) in [6.07, 6.45) is 2.73. The molecule has 3 heterocycles. The Balaban J connectivity index is 1.74. The molecule has 0 saturated carbocycles. The highest BCUT2D eigenvalue weighted by Crippen LogP contribution is 2.32. The number of hydrogen-bond acceptors (Lipinski definition) is 5. The second kappa shape index (κ2) is 5.97. The Kier molecular flexibility index (Phi) is 4.07. The number of anilines is 1. The minimum atomic E-state index is -0.346. The van der Waals surface area contributed by atoms with Crippen molar-refractivity contribution in [2.24, 2.45) is 0 Å². The van der Waals surface area contributed by atoms with Crippen molar-refractivity contribution in [2.75, 3.05) is 31.3 Å². The number of pyridine rings is 1. The molecule has 0 N–H and O–H groups in total. The van der Waals surface area contributed by atoms with Gasteiger partial charge in [-0.2, -0.15) is 0 Å². The van der Waals surface area contributed by atoms with Crippen molar-refractivity contribution in [3.05, 3.63) is 16.7 Å². The van der Waals surface area contributed by atoms with Gasteiger partial charge in [-0.1, -0.05) is 0 Å². The maximum absolute atomic E-state index is 12.3. The Hall–Kier alpha value is -1.34. The van der Waals surface area contributed by atoms with Gasteiger partial charge in [-0.05, 0) is 22.0 Å². The van der Waals surface area contributed by atoms with Crippen molar-refractivity contribution in [3.8, 4) is 5.88 Å². The normalized spacial score (nSPS) is 19.1. The van der Waals surface area contributed by atoms with Crippen molar-refractivity contribution in [1.29, 1.82) is 0 Å². The van der Waals surface area contributed by atoms with E-state index in [1.165, 1.54) is 0 Å². The van der Waals surface area contributed by atoms with Crippen LogP contribution in [0.25, 0.3) is 0 Å². The van der Waals surface area contributed by atoms with E-state index in [0.717, 1.165) is 17.3 Å². The fraction of sp³-hybridized carbons (Fsp3) is 0.538. The number of rotatable bonds is 1. The molecule has 7 heteroatoms. The predicted molar refractivity (Wildman–Crippen MR) is 75.1 cm³/mol. The van der Waals surface area contributed by atoms with Crippen LogP contribution < -0.4 is 9.64 Å². The van der Waals surface area contributed by atoms with Crippen LogP contribution in [0.15, 0.2) is 16.7 Å². The summed E-state index contributed by atoms with van der Waals surface area (Å²) < 4.78 is 17.0. The summed E-state index contributed by atoms with van der Waals surface area (Å²) in [6.45, 7) is 2.17. The number of nitrogens with zero attached hydrogens (tertiary/aromatic N) is 2. The van der Waals surface area contributed by atoms with E-state index >= 15 is 0 Å². The minimum absolute atomic E-state index is 0.0670. The number of hydrogen-bond donors (Lipinski definition) is 0. The molecular weight excluding hydrogens is 328 g/mol. The molecule has 0 spiro atoms. The third-order valence-electron chi connectivity index (χ3n) is 3.30. The highest BCUT2D eigenvalue weighted by atomic mass is 79.9. The fourth-order valence-electron chi connectivity index (χ4n) is 2.26. The molecule has 1 fully saturated rings. The lowest BCUT2D eigenvalue weighted by molar-refractivity contribution is 0.00340. The molecule has 3 rings (SSSR count). The second-order valence-electron chi connectivity index (χ2n) is 4.67. The van der Waals surface area contributed by atoms with Crippen LogP contribution in [0.1, 0.15) is 12.8 Å². The van der Waals surface area contributed by atoms with E-state index in [4.69, 9.17) is 14.2 Å². The summed E-state index contributed by atoms with van der Waals surface area (Å²) in [5.74, 6) is 0.461. The molecule has 1 aromatic rings. The van der Waals surface area contributed by atoms with Crippen LogP contribution in [0.2, 0.25) is 0 Å². The first-order valence-electron chi connectivity index (χ1n) is 6.58. The molecule has 1 saturated heterocycles. The zero-order chi connectivity index (χ0) is 13.9. The Morgan fingerprint density at radius 2 is 2.20 bits per heavy atom. The van der Waals surface area contributed by atoms with E-state index in [0.29, 0.717) is 37.9 Å². The first-order chi connectivity index (χ1) is 9.74. The second-order valence-corrected chi connectivity index (χ2v) is 5.59. The van der Waals surface area contributed by atoms with E-state index in [-0.39, 0.29) is 12.2 Å². The predicted octanol–water partition coefficient (Wildman–Crippen LogP) is 2.36. The smallest absolute Gasteiger partial charge is 0.414 e. The Labute approximate surface area is 125 Å². The van der Waals surface area contributed by atoms with E-state index < -0.39 is 0 Å². The number of carbonyl (C=O) groups is 1. The van der Waals surface area contributed by atoms with Crippen LogP contribution in [0.3, 0.4) is 0 Å². The average molecular weight is 343 g/mol. The zero-order valence-corrected chi connectivity index (χ0v) is 12.5. The summed E-state index contributed by atoms with van der Waals surface area (Å²) in [5.41, 5.74) is 0.641. The molecule has 108 valence electrons. The van der Waals surface area contributed by atoms with Gasteiger partial charge < -0.3 is 14.2 Å². The lowest BCUT2D eigenvalue weighted by Gasteiger charge is -2.30. The van der Waals surface area contributed by atoms with Crippen molar-refractivity contribution >= 4 is 27.7 Å². The molecule has 1 amide bonds. The first-order valence-corrected chi connectivity index (χ1v) is 7.37. The summed E-state index contributed by atoms with van der Waals surface area (Å²) in [5, 5.41) is 0. The molecule has 1 aromatic heterocycles. The number of amides is 1. The van der Waals surface area contributed by atoms with Gasteiger partial charge in [0.25, 0.3) is 0 Å². The van der Waals surface area contributed by atoms with Gasteiger partial charge in [0.2, 0.25) is 5.88 Å². The number of carbonyl (C=O) groups excluding carboxylic acids is 1. The van der Waals surface area contributed by atoms with Gasteiger partial charge in [-0.15, -0.1) is 0 Å². The van der Waals surface area contributed by atoms with Crippen molar-refractivity contribution in [1.82, 2.24) is 4.98 Å². The quantitative estimate of drug-likeness (QED) is 0.783. The van der Waals surface area contributed by atoms with Crippen LogP contribution in [-0.4, -0.2) is 43.5 Å². The molecule has 6 nitrogen and oxygen atoms in total. The van der Waals surface area contributed by atoms with Gasteiger partial charge in [0.05, 0.1) is 19.8 Å². The molecule has 2 aliphatic heterocycles. The summed E-state index contributed by atoms with van der Waals surface area (Å²) >= 11 is 3.35. The van der Waals surface area contributed by atoms with Gasteiger partial charge >= 0.3 is 6.09 Å². The summed E-state index contributed by atoms with van der Waals surface area (Å²) in [7, 11) is 0. The molecule has 0 bridgehead atoms. The number of aromatic nitrogens is 1. The van der Waals surface area contributed by atoms with Crippen LogP contribution in [0.5, 0.6) is 5.88 Å². The molecule has 2 aliphatic rings. The molecule has 0 atom stereocenters. The third kappa shape index (κ3) is 2.88. The van der Waals surface area contributed by atoms with E-state index in [1.807, 2.05) is 6.07 Å². The van der Waals surface area contributed by atoms with Crippen LogP contribution in [-0.2, 0) is 9.47 Å². The maximum Gasteiger partial charge on any atom is 0.414 e. The standard InChI is InChI=1S/C13H15BrN2O4/c14-9-7-11-12(15-8-9)19-6-3-16(11)13(17)20-10-1-4-18-5-2-10/h7-8,10H,1-6H2. The SMILES string of the molecule is O=C(OC1CCOCC1)N1CCOc2ncc(Br)cc21. The van der Waals surface area contributed by atoms with E-state index in [9.17, 15) is 4.79 Å². The molecule has 0 aliphatic carbocycles. The van der Waals surface area contributed by atoms with Gasteiger partial charge in [0, 0.05) is 23.5 Å². The summed E-state index contributed by atoms with van der Waals surface area (Å²) in [6, 6.07) is 1.81. The zero-order valence-electron chi connectivity index (χ0n) is 10.9. The maximum atomic E-state index is 12.3. The topological polar surface area (TPSA) is 60.9 Å². The van der Waals surface area contributed by atoms with Crippen LogP contribution in [0.4, 0.5) is 10.5 Å². The number of halogens is 1. The van der Waals surface area contributed by atoms with Crippen molar-refractivity contribution < 1.29 is 19.0 Å². The molecule has 20 heavy (non-hydrogen) atoms. The van der Waals surface area contributed by atoms with E-state index in [1.54, 1.807) is 11.1 Å². The molecular formula is C13H15BrN2O4. The van der Waals surface area contributed by atoms with E-state index in [2.05, 4.69) is 20.9 Å². The van der Waals surface area contributed by atoms with Gasteiger partial charge in [0.15, 0.2) is 0 Å². The fourth-order valence-corrected chi connectivity index (χ4v) is 2.58. The largest absolute Gasteiger partial charge is 0.474 e. The summed E-state index contributed by atoms with van der Waals surface area (Å²) in [4.78, 5) is 18.0. The van der Waals surface area contributed by atoms with Gasteiger partial charge in [-0.25, -0.2) is 9.78 Å². The van der Waals surface area contributed by atoms with Crippen LogP contribution >= 0.6 is 15.9 Å². The third-order valence-corrected chi connectivity index (χ3v) is 3.73. The Morgan fingerprint density at radius 3 is 3.00 bits per heavy atom. The Bertz CT molecular complexity index is 505. The first kappa shape index (κ1) is 13.6.